The van der Waals surface area contributed by atoms with Gasteiger partial charge in [-0.05, 0) is 38.8 Å². The quantitative estimate of drug-likeness (QED) is 0.797. The molecule has 0 saturated heterocycles. The molecule has 0 aliphatic heterocycles. The number of carbonyl (C=O) groups excluding carboxylic acids is 1. The lowest BCUT2D eigenvalue weighted by atomic mass is 9.96. The van der Waals surface area contributed by atoms with Crippen LogP contribution in [0.15, 0.2) is 22.7 Å². The molecule has 1 fully saturated rings. The topological polar surface area (TPSA) is 48.0 Å². The van der Waals surface area contributed by atoms with Gasteiger partial charge in [-0.2, -0.15) is 5.10 Å². The molecule has 0 unspecified atom stereocenters. The van der Waals surface area contributed by atoms with E-state index in [9.17, 15) is 4.79 Å². The van der Waals surface area contributed by atoms with Crippen LogP contribution in [0.4, 0.5) is 0 Å². The van der Waals surface area contributed by atoms with E-state index in [2.05, 4.69) is 9.78 Å². The molecule has 0 bridgehead atoms. The lowest BCUT2D eigenvalue weighted by Crippen LogP contribution is -2.14. The van der Waals surface area contributed by atoms with Gasteiger partial charge < -0.3 is 4.42 Å². The van der Waals surface area contributed by atoms with E-state index in [1.165, 1.54) is 32.1 Å². The van der Waals surface area contributed by atoms with E-state index in [0.717, 1.165) is 11.5 Å². The van der Waals surface area contributed by atoms with Crippen LogP contribution < -0.4 is 0 Å². The Morgan fingerprint density at radius 3 is 2.76 bits per heavy atom. The molecule has 0 spiro atoms. The SMILES string of the molecule is Cc1cc(C(=O)Cc2ccn(C3CCCCC3)n2)c(C)o1. The van der Waals surface area contributed by atoms with Gasteiger partial charge in [0.2, 0.25) is 0 Å². The number of hydrogen-bond donors (Lipinski definition) is 0. The predicted octanol–water partition coefficient (Wildman–Crippen LogP) is 4.02. The molecule has 1 aliphatic carbocycles. The molecule has 2 heterocycles. The van der Waals surface area contributed by atoms with Gasteiger partial charge in [0.1, 0.15) is 11.5 Å². The molecule has 2 aromatic heterocycles. The number of aromatic nitrogens is 2. The summed E-state index contributed by atoms with van der Waals surface area (Å²) < 4.78 is 7.48. The van der Waals surface area contributed by atoms with Crippen molar-refractivity contribution in [3.63, 3.8) is 0 Å². The van der Waals surface area contributed by atoms with Gasteiger partial charge in [-0.3, -0.25) is 9.48 Å². The zero-order chi connectivity index (χ0) is 14.8. The van der Waals surface area contributed by atoms with Gasteiger partial charge in [0.05, 0.1) is 23.7 Å². The Morgan fingerprint density at radius 2 is 2.10 bits per heavy atom. The molecule has 0 amide bonds. The summed E-state index contributed by atoms with van der Waals surface area (Å²) >= 11 is 0. The Hall–Kier alpha value is -1.84. The average Bonchev–Trinajstić information content (AvgIpc) is 3.06. The first-order valence-corrected chi connectivity index (χ1v) is 7.78. The summed E-state index contributed by atoms with van der Waals surface area (Å²) in [4.78, 5) is 12.3. The van der Waals surface area contributed by atoms with Crippen LogP contribution in [-0.2, 0) is 6.42 Å². The van der Waals surface area contributed by atoms with Crippen molar-refractivity contribution in [3.8, 4) is 0 Å². The van der Waals surface area contributed by atoms with Gasteiger partial charge in [-0.15, -0.1) is 0 Å². The minimum Gasteiger partial charge on any atom is -0.466 e. The first kappa shape index (κ1) is 14.1. The smallest absolute Gasteiger partial charge is 0.172 e. The van der Waals surface area contributed by atoms with E-state index < -0.39 is 0 Å². The normalized spacial score (nSPS) is 16.3. The second-order valence-corrected chi connectivity index (χ2v) is 6.01. The Labute approximate surface area is 125 Å². The minimum absolute atomic E-state index is 0.0817. The molecule has 0 atom stereocenters. The van der Waals surface area contributed by atoms with Crippen molar-refractivity contribution in [1.29, 1.82) is 0 Å². The van der Waals surface area contributed by atoms with E-state index >= 15 is 0 Å². The third-order valence-electron chi connectivity index (χ3n) is 4.30. The molecule has 1 saturated carbocycles. The van der Waals surface area contributed by atoms with Gasteiger partial charge >= 0.3 is 0 Å². The van der Waals surface area contributed by atoms with Crippen LogP contribution in [0, 0.1) is 13.8 Å². The first-order valence-electron chi connectivity index (χ1n) is 7.78. The summed E-state index contributed by atoms with van der Waals surface area (Å²) in [6.45, 7) is 3.70. The Bertz CT molecular complexity index is 633. The van der Waals surface area contributed by atoms with Crippen LogP contribution in [0.5, 0.6) is 0 Å². The van der Waals surface area contributed by atoms with Crippen LogP contribution in [0.2, 0.25) is 0 Å². The third-order valence-corrected chi connectivity index (χ3v) is 4.30. The molecule has 0 aromatic carbocycles. The maximum Gasteiger partial charge on any atom is 0.172 e. The summed E-state index contributed by atoms with van der Waals surface area (Å²) in [5.41, 5.74) is 1.53. The lowest BCUT2D eigenvalue weighted by Gasteiger charge is -2.21. The van der Waals surface area contributed by atoms with E-state index in [-0.39, 0.29) is 5.78 Å². The first-order chi connectivity index (χ1) is 10.1. The van der Waals surface area contributed by atoms with Crippen LogP contribution in [0.1, 0.15) is 65.7 Å². The Kier molecular flexibility index (Phi) is 3.95. The molecule has 3 rings (SSSR count). The van der Waals surface area contributed by atoms with Crippen molar-refractivity contribution in [2.45, 2.75) is 58.4 Å². The fourth-order valence-corrected chi connectivity index (χ4v) is 3.19. The second kappa shape index (κ2) is 5.88. The van der Waals surface area contributed by atoms with Crippen LogP contribution in [-0.4, -0.2) is 15.6 Å². The highest BCUT2D eigenvalue weighted by Gasteiger charge is 2.18. The molecule has 21 heavy (non-hydrogen) atoms. The van der Waals surface area contributed by atoms with Crippen molar-refractivity contribution < 1.29 is 9.21 Å². The van der Waals surface area contributed by atoms with E-state index in [4.69, 9.17) is 4.42 Å². The summed E-state index contributed by atoms with van der Waals surface area (Å²) in [6, 6.07) is 4.30. The summed E-state index contributed by atoms with van der Waals surface area (Å²) in [7, 11) is 0. The highest BCUT2D eigenvalue weighted by molar-refractivity contribution is 5.98. The van der Waals surface area contributed by atoms with Gasteiger partial charge in [-0.1, -0.05) is 19.3 Å². The monoisotopic (exact) mass is 286 g/mol. The number of ketones is 1. The second-order valence-electron chi connectivity index (χ2n) is 6.01. The Balaban J connectivity index is 1.69. The summed E-state index contributed by atoms with van der Waals surface area (Å²) in [6.07, 6.45) is 8.68. The molecule has 2 aromatic rings. The van der Waals surface area contributed by atoms with E-state index in [1.807, 2.05) is 32.2 Å². The number of nitrogens with zero attached hydrogens (tertiary/aromatic N) is 2. The number of furan rings is 1. The number of rotatable bonds is 4. The minimum atomic E-state index is 0.0817. The third kappa shape index (κ3) is 3.09. The van der Waals surface area contributed by atoms with Gasteiger partial charge in [0.15, 0.2) is 5.78 Å². The summed E-state index contributed by atoms with van der Waals surface area (Å²) in [5.74, 6) is 1.56. The van der Waals surface area contributed by atoms with Crippen LogP contribution in [0.3, 0.4) is 0 Å². The van der Waals surface area contributed by atoms with Gasteiger partial charge in [-0.25, -0.2) is 0 Å². The number of Topliss-reactive ketones (excluding diaryl/α,β-unsaturated/α-hetero) is 1. The summed E-state index contributed by atoms with van der Waals surface area (Å²) in [5, 5.41) is 4.60. The van der Waals surface area contributed by atoms with Gasteiger partial charge in [0.25, 0.3) is 0 Å². The zero-order valence-electron chi connectivity index (χ0n) is 12.8. The predicted molar refractivity (Wildman–Crippen MR) is 80.6 cm³/mol. The van der Waals surface area contributed by atoms with Crippen LogP contribution >= 0.6 is 0 Å². The molecule has 4 nitrogen and oxygen atoms in total. The Morgan fingerprint density at radius 1 is 1.33 bits per heavy atom. The number of hydrogen-bond acceptors (Lipinski definition) is 3. The molecule has 0 N–H and O–H groups in total. The fourth-order valence-electron chi connectivity index (χ4n) is 3.19. The maximum atomic E-state index is 12.3. The average molecular weight is 286 g/mol. The highest BCUT2D eigenvalue weighted by atomic mass is 16.3. The van der Waals surface area contributed by atoms with Gasteiger partial charge in [0, 0.05) is 6.20 Å². The van der Waals surface area contributed by atoms with Crippen LogP contribution in [0.25, 0.3) is 0 Å². The van der Waals surface area contributed by atoms with Crippen molar-refractivity contribution in [2.75, 3.05) is 0 Å². The molecule has 112 valence electrons. The highest BCUT2D eigenvalue weighted by Crippen LogP contribution is 2.27. The molecular weight excluding hydrogens is 264 g/mol. The maximum absolute atomic E-state index is 12.3. The molecule has 1 aliphatic rings. The largest absolute Gasteiger partial charge is 0.466 e. The fraction of sp³-hybridized carbons (Fsp3) is 0.529. The van der Waals surface area contributed by atoms with E-state index in [1.54, 1.807) is 0 Å². The molecule has 0 radical (unpaired) electrons. The van der Waals surface area contributed by atoms with Crippen molar-refractivity contribution in [2.24, 2.45) is 0 Å². The number of carbonyl (C=O) groups is 1. The van der Waals surface area contributed by atoms with Crippen molar-refractivity contribution in [1.82, 2.24) is 9.78 Å². The van der Waals surface area contributed by atoms with E-state index in [0.29, 0.717) is 23.8 Å². The lowest BCUT2D eigenvalue weighted by molar-refractivity contribution is 0.0990. The van der Waals surface area contributed by atoms with Crippen molar-refractivity contribution in [3.05, 3.63) is 41.1 Å². The standard InChI is InChI=1S/C17H22N2O2/c1-12-10-16(13(2)21-12)17(20)11-14-8-9-19(18-14)15-6-4-3-5-7-15/h8-10,15H,3-7,11H2,1-2H3. The van der Waals surface area contributed by atoms with Crippen molar-refractivity contribution >= 4 is 5.78 Å². The molecular formula is C17H22N2O2. The molecule has 4 heteroatoms. The zero-order valence-corrected chi connectivity index (χ0v) is 12.8. The number of aryl methyl sites for hydroxylation is 2.